The zero-order valence-electron chi connectivity index (χ0n) is 17.0. The Balaban J connectivity index is 1.74. The first-order valence-corrected chi connectivity index (χ1v) is 9.53. The Labute approximate surface area is 172 Å². The normalized spacial score (nSPS) is 11.6. The number of nitro groups is 2. The summed E-state index contributed by atoms with van der Waals surface area (Å²) in [5, 5.41) is 27.4. The number of fused-ring (bicyclic) bond motifs is 1. The number of furan rings is 1. The number of rotatable bonds is 8. The topological polar surface area (TPSA) is 124 Å². The summed E-state index contributed by atoms with van der Waals surface area (Å²) >= 11 is 0. The molecule has 9 nitrogen and oxygen atoms in total. The molecular weight excluding hydrogens is 388 g/mol. The molecule has 1 N–H and O–H groups in total. The first-order chi connectivity index (χ1) is 14.3. The Kier molecular flexibility index (Phi) is 6.10. The molecule has 0 bridgehead atoms. The fourth-order valence-electron chi connectivity index (χ4n) is 3.29. The fourth-order valence-corrected chi connectivity index (χ4v) is 3.29. The molecule has 0 fully saturated rings. The second kappa shape index (κ2) is 8.73. The van der Waals surface area contributed by atoms with Crippen LogP contribution in [0.3, 0.4) is 0 Å². The summed E-state index contributed by atoms with van der Waals surface area (Å²) in [5.41, 5.74) is 5.94. The van der Waals surface area contributed by atoms with Gasteiger partial charge in [-0.15, -0.1) is 0 Å². The fraction of sp³-hybridized carbons (Fsp3) is 0.286. The zero-order chi connectivity index (χ0) is 21.8. The van der Waals surface area contributed by atoms with E-state index in [1.165, 1.54) is 23.3 Å². The van der Waals surface area contributed by atoms with Crippen LogP contribution < -0.4 is 5.43 Å². The highest BCUT2D eigenvalue weighted by Crippen LogP contribution is 2.30. The Morgan fingerprint density at radius 1 is 1.13 bits per heavy atom. The van der Waals surface area contributed by atoms with Gasteiger partial charge in [-0.05, 0) is 44.9 Å². The molecule has 1 heterocycles. The lowest BCUT2D eigenvalue weighted by Crippen LogP contribution is -2.03. The van der Waals surface area contributed by atoms with Crippen molar-refractivity contribution >= 4 is 33.7 Å². The summed E-state index contributed by atoms with van der Waals surface area (Å²) in [6.45, 7) is 5.94. The van der Waals surface area contributed by atoms with Crippen LogP contribution in [0.1, 0.15) is 37.2 Å². The summed E-state index contributed by atoms with van der Waals surface area (Å²) in [5.74, 6) is 0.911. The molecule has 0 aliphatic carbocycles. The zero-order valence-corrected chi connectivity index (χ0v) is 17.0. The number of nitrogens with one attached hydrogen (secondary N) is 1. The molecule has 1 aromatic heterocycles. The molecule has 9 heteroatoms. The van der Waals surface area contributed by atoms with E-state index in [-0.39, 0.29) is 11.4 Å². The third-order valence-electron chi connectivity index (χ3n) is 4.85. The van der Waals surface area contributed by atoms with Crippen LogP contribution in [0.2, 0.25) is 0 Å². The lowest BCUT2D eigenvalue weighted by molar-refractivity contribution is -0.393. The minimum Gasteiger partial charge on any atom is -0.461 e. The number of nitro benzene ring substituents is 2. The molecule has 0 unspecified atom stereocenters. The van der Waals surface area contributed by atoms with Gasteiger partial charge in [0.25, 0.3) is 5.69 Å². The van der Waals surface area contributed by atoms with Crippen LogP contribution in [0.15, 0.2) is 45.9 Å². The van der Waals surface area contributed by atoms with Crippen LogP contribution in [0.25, 0.3) is 11.0 Å². The van der Waals surface area contributed by atoms with Crippen molar-refractivity contribution < 1.29 is 14.3 Å². The van der Waals surface area contributed by atoms with Gasteiger partial charge in [-0.2, -0.15) is 5.10 Å². The van der Waals surface area contributed by atoms with E-state index >= 15 is 0 Å². The molecule has 0 spiro atoms. The standard InChI is InChI=1S/C21H22N4O5/c1-4-16-17-11-13(2)5-9-21(17)30-20(16)10-6-14(3)22-23-18-8-7-15(24(26)27)12-19(18)25(28)29/h5,7-9,11-12,23H,4,6,10H2,1-3H3/b22-14-. The number of non-ortho nitro benzene ring substituents is 1. The van der Waals surface area contributed by atoms with E-state index in [9.17, 15) is 20.2 Å². The highest BCUT2D eigenvalue weighted by molar-refractivity contribution is 5.85. The lowest BCUT2D eigenvalue weighted by Gasteiger charge is -2.05. The van der Waals surface area contributed by atoms with Crippen LogP contribution in [0.4, 0.5) is 17.1 Å². The number of hydrazone groups is 1. The van der Waals surface area contributed by atoms with E-state index in [0.717, 1.165) is 34.9 Å². The smallest absolute Gasteiger partial charge is 0.301 e. The predicted molar refractivity (Wildman–Crippen MR) is 115 cm³/mol. The summed E-state index contributed by atoms with van der Waals surface area (Å²) in [6, 6.07) is 9.51. The molecule has 0 aliphatic heterocycles. The molecule has 0 atom stereocenters. The number of hydrogen-bond acceptors (Lipinski definition) is 7. The summed E-state index contributed by atoms with van der Waals surface area (Å²) < 4.78 is 6.02. The van der Waals surface area contributed by atoms with E-state index in [0.29, 0.717) is 12.8 Å². The molecule has 156 valence electrons. The van der Waals surface area contributed by atoms with Crippen molar-refractivity contribution in [2.75, 3.05) is 5.43 Å². The maximum atomic E-state index is 11.2. The Morgan fingerprint density at radius 3 is 2.57 bits per heavy atom. The summed E-state index contributed by atoms with van der Waals surface area (Å²) in [4.78, 5) is 20.7. The minimum absolute atomic E-state index is 0.0957. The summed E-state index contributed by atoms with van der Waals surface area (Å²) in [6.07, 6.45) is 2.10. The molecule has 0 amide bonds. The molecule has 0 saturated heterocycles. The maximum absolute atomic E-state index is 11.2. The maximum Gasteiger partial charge on any atom is 0.301 e. The van der Waals surface area contributed by atoms with Gasteiger partial charge in [0.15, 0.2) is 0 Å². The molecular formula is C21H22N4O5. The third-order valence-corrected chi connectivity index (χ3v) is 4.85. The van der Waals surface area contributed by atoms with Gasteiger partial charge < -0.3 is 4.42 Å². The monoisotopic (exact) mass is 410 g/mol. The van der Waals surface area contributed by atoms with Gasteiger partial charge in [-0.3, -0.25) is 25.7 Å². The van der Waals surface area contributed by atoms with Gasteiger partial charge in [-0.1, -0.05) is 18.6 Å². The molecule has 0 radical (unpaired) electrons. The van der Waals surface area contributed by atoms with Crippen molar-refractivity contribution in [2.45, 2.75) is 40.0 Å². The van der Waals surface area contributed by atoms with E-state index in [1.807, 2.05) is 26.0 Å². The average Bonchev–Trinajstić information content (AvgIpc) is 3.06. The van der Waals surface area contributed by atoms with Crippen molar-refractivity contribution in [3.63, 3.8) is 0 Å². The highest BCUT2D eigenvalue weighted by atomic mass is 16.6. The highest BCUT2D eigenvalue weighted by Gasteiger charge is 2.19. The average molecular weight is 410 g/mol. The Morgan fingerprint density at radius 2 is 1.90 bits per heavy atom. The van der Waals surface area contributed by atoms with Crippen molar-refractivity contribution in [1.29, 1.82) is 0 Å². The van der Waals surface area contributed by atoms with Crippen LogP contribution in [0.5, 0.6) is 0 Å². The van der Waals surface area contributed by atoms with E-state index in [1.54, 1.807) is 0 Å². The van der Waals surface area contributed by atoms with E-state index in [4.69, 9.17) is 4.42 Å². The number of benzene rings is 2. The molecule has 3 aromatic rings. The van der Waals surface area contributed by atoms with Crippen LogP contribution >= 0.6 is 0 Å². The van der Waals surface area contributed by atoms with Crippen molar-refractivity contribution in [3.05, 3.63) is 73.5 Å². The van der Waals surface area contributed by atoms with Crippen molar-refractivity contribution in [1.82, 2.24) is 0 Å². The van der Waals surface area contributed by atoms with Crippen molar-refractivity contribution in [3.8, 4) is 0 Å². The van der Waals surface area contributed by atoms with Crippen LogP contribution in [-0.2, 0) is 12.8 Å². The van der Waals surface area contributed by atoms with E-state index < -0.39 is 15.5 Å². The van der Waals surface area contributed by atoms with Gasteiger partial charge in [0.1, 0.15) is 17.0 Å². The van der Waals surface area contributed by atoms with Gasteiger partial charge in [0.05, 0.1) is 15.9 Å². The SMILES string of the molecule is CCc1c(CC/C(C)=N\Nc2ccc([N+](=O)[O-])cc2[N+](=O)[O-])oc2ccc(C)cc12. The van der Waals surface area contributed by atoms with Gasteiger partial charge in [0.2, 0.25) is 0 Å². The summed E-state index contributed by atoms with van der Waals surface area (Å²) in [7, 11) is 0. The van der Waals surface area contributed by atoms with Crippen molar-refractivity contribution in [2.24, 2.45) is 5.10 Å². The molecule has 30 heavy (non-hydrogen) atoms. The molecule has 2 aromatic carbocycles. The molecule has 3 rings (SSSR count). The predicted octanol–water partition coefficient (Wildman–Crippen LogP) is 5.54. The first-order valence-electron chi connectivity index (χ1n) is 9.53. The van der Waals surface area contributed by atoms with E-state index in [2.05, 4.69) is 23.5 Å². The number of anilines is 1. The Bertz CT molecular complexity index is 1150. The second-order valence-corrected chi connectivity index (χ2v) is 7.03. The molecule has 0 saturated carbocycles. The first kappa shape index (κ1) is 21.0. The Hall–Kier alpha value is -3.75. The largest absolute Gasteiger partial charge is 0.461 e. The number of hydrogen-bond donors (Lipinski definition) is 1. The number of nitrogens with zero attached hydrogens (tertiary/aromatic N) is 3. The van der Waals surface area contributed by atoms with Crippen LogP contribution in [-0.4, -0.2) is 15.6 Å². The van der Waals surface area contributed by atoms with Gasteiger partial charge in [-0.25, -0.2) is 0 Å². The van der Waals surface area contributed by atoms with Gasteiger partial charge >= 0.3 is 5.69 Å². The number of aryl methyl sites for hydroxylation is 3. The second-order valence-electron chi connectivity index (χ2n) is 7.03. The minimum atomic E-state index is -0.676. The molecule has 0 aliphatic rings. The van der Waals surface area contributed by atoms with Crippen LogP contribution in [0, 0.1) is 27.2 Å². The third kappa shape index (κ3) is 4.45. The quantitative estimate of drug-likeness (QED) is 0.295. The lowest BCUT2D eigenvalue weighted by atomic mass is 10.0. The van der Waals surface area contributed by atoms with Gasteiger partial charge in [0, 0.05) is 29.1 Å².